The van der Waals surface area contributed by atoms with Crippen LogP contribution in [0.3, 0.4) is 0 Å². The van der Waals surface area contributed by atoms with E-state index in [0.717, 1.165) is 11.1 Å². The predicted octanol–water partition coefficient (Wildman–Crippen LogP) is 6.61. The van der Waals surface area contributed by atoms with Gasteiger partial charge in [0.1, 0.15) is 0 Å². The van der Waals surface area contributed by atoms with Crippen LogP contribution in [0.5, 0.6) is 0 Å². The molecule has 92 valence electrons. The van der Waals surface area contributed by atoms with Gasteiger partial charge in [0, 0.05) is 10.6 Å². The largest absolute Gasteiger partial charge is 0.0984 e. The first-order valence-electron chi connectivity index (χ1n) is 5.10. The first-order chi connectivity index (χ1) is 8.54. The third-order valence-electron chi connectivity index (χ3n) is 2.54. The van der Waals surface area contributed by atoms with Crippen molar-refractivity contribution >= 4 is 52.5 Å². The summed E-state index contributed by atoms with van der Waals surface area (Å²) in [6.07, 6.45) is 1.64. The highest BCUT2D eigenvalue weighted by Crippen LogP contribution is 2.41. The summed E-state index contributed by atoms with van der Waals surface area (Å²) in [5.41, 5.74) is 2.30. The number of halogens is 4. The van der Waals surface area contributed by atoms with Crippen LogP contribution in [-0.2, 0) is 0 Å². The molecule has 0 saturated heterocycles. The van der Waals surface area contributed by atoms with Gasteiger partial charge in [-0.25, -0.2) is 0 Å². The second-order valence-electron chi connectivity index (χ2n) is 3.66. The van der Waals surface area contributed by atoms with Crippen LogP contribution in [0.15, 0.2) is 36.9 Å². The molecule has 2 aromatic carbocycles. The highest BCUT2D eigenvalue weighted by molar-refractivity contribution is 6.46. The fourth-order valence-corrected chi connectivity index (χ4v) is 2.62. The molecule has 0 heterocycles. The van der Waals surface area contributed by atoms with E-state index in [-0.39, 0.29) is 0 Å². The molecule has 0 saturated carbocycles. The molecule has 0 aliphatic heterocycles. The number of rotatable bonds is 2. The van der Waals surface area contributed by atoms with Crippen molar-refractivity contribution in [1.29, 1.82) is 0 Å². The fourth-order valence-electron chi connectivity index (χ4n) is 1.64. The van der Waals surface area contributed by atoms with Crippen molar-refractivity contribution in [3.63, 3.8) is 0 Å². The Morgan fingerprint density at radius 2 is 1.50 bits per heavy atom. The minimum absolute atomic E-state index is 0.426. The minimum atomic E-state index is 0.426. The van der Waals surface area contributed by atoms with Crippen molar-refractivity contribution in [3.8, 4) is 11.1 Å². The van der Waals surface area contributed by atoms with E-state index in [0.29, 0.717) is 25.7 Å². The summed E-state index contributed by atoms with van der Waals surface area (Å²) >= 11 is 24.5. The quantitative estimate of drug-likeness (QED) is 0.547. The van der Waals surface area contributed by atoms with E-state index >= 15 is 0 Å². The molecule has 0 amide bonds. The lowest BCUT2D eigenvalue weighted by Gasteiger charge is -2.11. The Morgan fingerprint density at radius 3 is 2.06 bits per heavy atom. The standard InChI is InChI=1S/C14H8Cl4/c1-2-8-7-11(16)14(18)12(13(8)17)9-3-5-10(15)6-4-9/h2-7H,1H2. The molecule has 0 spiro atoms. The van der Waals surface area contributed by atoms with Gasteiger partial charge >= 0.3 is 0 Å². The molecular formula is C14H8Cl4. The third-order valence-corrected chi connectivity index (χ3v) is 3.98. The lowest BCUT2D eigenvalue weighted by Crippen LogP contribution is -1.87. The Bertz CT molecular complexity index is 600. The summed E-state index contributed by atoms with van der Waals surface area (Å²) in [5, 5.41) is 2.05. The molecule has 2 aromatic rings. The van der Waals surface area contributed by atoms with E-state index in [9.17, 15) is 0 Å². The Balaban J connectivity index is 2.73. The summed E-state index contributed by atoms with van der Waals surface area (Å²) in [6.45, 7) is 3.70. The van der Waals surface area contributed by atoms with Crippen LogP contribution < -0.4 is 0 Å². The lowest BCUT2D eigenvalue weighted by atomic mass is 10.0. The Morgan fingerprint density at radius 1 is 0.889 bits per heavy atom. The van der Waals surface area contributed by atoms with Crippen molar-refractivity contribution < 1.29 is 0 Å². The highest BCUT2D eigenvalue weighted by atomic mass is 35.5. The van der Waals surface area contributed by atoms with Gasteiger partial charge < -0.3 is 0 Å². The second-order valence-corrected chi connectivity index (χ2v) is 5.26. The Hall–Kier alpha value is -0.660. The average molecular weight is 318 g/mol. The summed E-state index contributed by atoms with van der Waals surface area (Å²) in [5.74, 6) is 0. The second kappa shape index (κ2) is 5.54. The summed E-state index contributed by atoms with van der Waals surface area (Å²) in [7, 11) is 0. The molecule has 0 nitrogen and oxygen atoms in total. The van der Waals surface area contributed by atoms with E-state index in [1.54, 1.807) is 24.3 Å². The van der Waals surface area contributed by atoms with Crippen molar-refractivity contribution in [3.05, 3.63) is 62.6 Å². The predicted molar refractivity (Wildman–Crippen MR) is 82.0 cm³/mol. The van der Waals surface area contributed by atoms with Gasteiger partial charge in [-0.1, -0.05) is 71.2 Å². The van der Waals surface area contributed by atoms with E-state index in [1.165, 1.54) is 0 Å². The maximum atomic E-state index is 6.31. The van der Waals surface area contributed by atoms with Crippen LogP contribution >= 0.6 is 46.4 Å². The van der Waals surface area contributed by atoms with Gasteiger partial charge in [0.15, 0.2) is 0 Å². The van der Waals surface area contributed by atoms with Crippen LogP contribution in [0.1, 0.15) is 5.56 Å². The van der Waals surface area contributed by atoms with E-state index in [2.05, 4.69) is 6.58 Å². The molecule has 0 bridgehead atoms. The molecule has 0 aliphatic carbocycles. The Kier molecular flexibility index (Phi) is 4.24. The van der Waals surface area contributed by atoms with Crippen molar-refractivity contribution in [2.24, 2.45) is 0 Å². The van der Waals surface area contributed by atoms with Crippen LogP contribution in [0.4, 0.5) is 0 Å². The topological polar surface area (TPSA) is 0 Å². The first-order valence-corrected chi connectivity index (χ1v) is 6.61. The number of benzene rings is 2. The molecule has 0 N–H and O–H groups in total. The summed E-state index contributed by atoms with van der Waals surface area (Å²) < 4.78 is 0. The van der Waals surface area contributed by atoms with Crippen LogP contribution in [0.2, 0.25) is 20.1 Å². The number of hydrogen-bond acceptors (Lipinski definition) is 0. The molecule has 18 heavy (non-hydrogen) atoms. The zero-order chi connectivity index (χ0) is 13.3. The molecule has 0 radical (unpaired) electrons. The van der Waals surface area contributed by atoms with Crippen molar-refractivity contribution in [1.82, 2.24) is 0 Å². The third kappa shape index (κ3) is 2.53. The molecule has 0 atom stereocenters. The maximum absolute atomic E-state index is 6.31. The first kappa shape index (κ1) is 13.8. The molecule has 0 unspecified atom stereocenters. The molecule has 0 fully saturated rings. The highest BCUT2D eigenvalue weighted by Gasteiger charge is 2.15. The lowest BCUT2D eigenvalue weighted by molar-refractivity contribution is 1.59. The molecule has 2 rings (SSSR count). The van der Waals surface area contributed by atoms with Crippen LogP contribution in [-0.4, -0.2) is 0 Å². The number of hydrogen-bond donors (Lipinski definition) is 0. The fraction of sp³-hybridized carbons (Fsp3) is 0. The van der Waals surface area contributed by atoms with Gasteiger partial charge in [-0.15, -0.1) is 0 Å². The zero-order valence-electron chi connectivity index (χ0n) is 9.18. The van der Waals surface area contributed by atoms with Gasteiger partial charge in [-0.2, -0.15) is 0 Å². The van der Waals surface area contributed by atoms with Gasteiger partial charge in [0.05, 0.1) is 15.1 Å². The van der Waals surface area contributed by atoms with Gasteiger partial charge in [-0.05, 0) is 29.3 Å². The zero-order valence-corrected chi connectivity index (χ0v) is 12.2. The molecule has 4 heteroatoms. The van der Waals surface area contributed by atoms with Gasteiger partial charge in [-0.3, -0.25) is 0 Å². The average Bonchev–Trinajstić information content (AvgIpc) is 2.36. The van der Waals surface area contributed by atoms with E-state index in [1.807, 2.05) is 12.1 Å². The molecular weight excluding hydrogens is 310 g/mol. The SMILES string of the molecule is C=Cc1cc(Cl)c(Cl)c(-c2ccc(Cl)cc2)c1Cl. The van der Waals surface area contributed by atoms with Crippen molar-refractivity contribution in [2.75, 3.05) is 0 Å². The van der Waals surface area contributed by atoms with E-state index < -0.39 is 0 Å². The summed E-state index contributed by atoms with van der Waals surface area (Å²) in [6, 6.07) is 8.94. The van der Waals surface area contributed by atoms with Crippen molar-refractivity contribution in [2.45, 2.75) is 0 Å². The Labute approximate surface area is 126 Å². The minimum Gasteiger partial charge on any atom is -0.0984 e. The maximum Gasteiger partial charge on any atom is 0.0686 e. The normalized spacial score (nSPS) is 10.4. The van der Waals surface area contributed by atoms with Gasteiger partial charge in [0.2, 0.25) is 0 Å². The monoisotopic (exact) mass is 316 g/mol. The van der Waals surface area contributed by atoms with Gasteiger partial charge in [0.25, 0.3) is 0 Å². The molecule has 0 aliphatic rings. The molecule has 0 aromatic heterocycles. The summed E-state index contributed by atoms with van der Waals surface area (Å²) in [4.78, 5) is 0. The smallest absolute Gasteiger partial charge is 0.0686 e. The van der Waals surface area contributed by atoms with Crippen LogP contribution in [0.25, 0.3) is 17.2 Å². The van der Waals surface area contributed by atoms with Crippen LogP contribution in [0, 0.1) is 0 Å². The van der Waals surface area contributed by atoms with E-state index in [4.69, 9.17) is 46.4 Å².